The molecule has 1 aromatic heterocycles. The molecule has 114 valence electrons. The summed E-state index contributed by atoms with van der Waals surface area (Å²) in [4.78, 5) is 28.3. The lowest BCUT2D eigenvalue weighted by atomic mass is 10.1. The molecule has 1 amide bonds. The standard InChI is InChI=1S/C15H13BrN2O4/c1-8-10(6-11(16)14(19)17-8)15(20)18(2)9-3-4-12-13(5-9)22-7-21-12/h3-6H,7H2,1-2H3,(H,17,19). The topological polar surface area (TPSA) is 71.6 Å². The van der Waals surface area contributed by atoms with E-state index in [0.29, 0.717) is 32.9 Å². The van der Waals surface area contributed by atoms with Crippen molar-refractivity contribution in [3.05, 3.63) is 50.3 Å². The van der Waals surface area contributed by atoms with Crippen molar-refractivity contribution >= 4 is 27.5 Å². The number of aromatic amines is 1. The number of ether oxygens (including phenoxy) is 2. The van der Waals surface area contributed by atoms with Crippen LogP contribution >= 0.6 is 15.9 Å². The molecule has 1 N–H and O–H groups in total. The van der Waals surface area contributed by atoms with Crippen molar-refractivity contribution in [2.45, 2.75) is 6.92 Å². The molecule has 0 bridgehead atoms. The molecule has 0 saturated carbocycles. The van der Waals surface area contributed by atoms with Crippen molar-refractivity contribution in [3.63, 3.8) is 0 Å². The number of nitrogens with one attached hydrogen (secondary N) is 1. The van der Waals surface area contributed by atoms with E-state index >= 15 is 0 Å². The van der Waals surface area contributed by atoms with Crippen LogP contribution in [-0.2, 0) is 0 Å². The highest BCUT2D eigenvalue weighted by atomic mass is 79.9. The number of benzene rings is 1. The third kappa shape index (κ3) is 2.48. The van der Waals surface area contributed by atoms with Crippen LogP contribution in [0.1, 0.15) is 16.1 Å². The van der Waals surface area contributed by atoms with Crippen molar-refractivity contribution in [1.82, 2.24) is 4.98 Å². The summed E-state index contributed by atoms with van der Waals surface area (Å²) in [5.74, 6) is 1.04. The van der Waals surface area contributed by atoms with E-state index in [1.807, 2.05) is 0 Å². The van der Waals surface area contributed by atoms with Gasteiger partial charge in [-0.05, 0) is 41.1 Å². The first-order valence-corrected chi connectivity index (χ1v) is 7.34. The number of halogens is 1. The minimum Gasteiger partial charge on any atom is -0.454 e. The van der Waals surface area contributed by atoms with E-state index in [1.165, 1.54) is 11.0 Å². The van der Waals surface area contributed by atoms with Gasteiger partial charge in [-0.1, -0.05) is 0 Å². The minimum absolute atomic E-state index is 0.183. The highest BCUT2D eigenvalue weighted by Gasteiger charge is 2.20. The number of amides is 1. The molecule has 0 atom stereocenters. The van der Waals surface area contributed by atoms with Crippen molar-refractivity contribution in [2.75, 3.05) is 18.7 Å². The Hall–Kier alpha value is -2.28. The SMILES string of the molecule is Cc1[nH]c(=O)c(Br)cc1C(=O)N(C)c1ccc2c(c1)OCO2. The van der Waals surface area contributed by atoms with Gasteiger partial charge in [-0.15, -0.1) is 0 Å². The predicted octanol–water partition coefficient (Wildman–Crippen LogP) is 2.45. The van der Waals surface area contributed by atoms with Crippen molar-refractivity contribution < 1.29 is 14.3 Å². The van der Waals surface area contributed by atoms with E-state index in [9.17, 15) is 9.59 Å². The molecule has 0 saturated heterocycles. The summed E-state index contributed by atoms with van der Waals surface area (Å²) in [6.07, 6.45) is 0. The van der Waals surface area contributed by atoms with Crippen LogP contribution in [0.25, 0.3) is 0 Å². The predicted molar refractivity (Wildman–Crippen MR) is 84.8 cm³/mol. The second-order valence-electron chi connectivity index (χ2n) is 4.89. The number of carbonyl (C=O) groups excluding carboxylic acids is 1. The van der Waals surface area contributed by atoms with Crippen LogP contribution in [0, 0.1) is 6.92 Å². The summed E-state index contributed by atoms with van der Waals surface area (Å²) in [5, 5.41) is 0. The molecule has 0 aliphatic carbocycles. The summed E-state index contributed by atoms with van der Waals surface area (Å²) in [6.45, 7) is 1.87. The fourth-order valence-corrected chi connectivity index (χ4v) is 2.54. The summed E-state index contributed by atoms with van der Waals surface area (Å²) >= 11 is 3.14. The number of aromatic nitrogens is 1. The highest BCUT2D eigenvalue weighted by molar-refractivity contribution is 9.10. The van der Waals surface area contributed by atoms with E-state index in [-0.39, 0.29) is 18.3 Å². The second-order valence-corrected chi connectivity index (χ2v) is 5.74. The monoisotopic (exact) mass is 364 g/mol. The van der Waals surface area contributed by atoms with Gasteiger partial charge in [-0.25, -0.2) is 0 Å². The molecular formula is C15H13BrN2O4. The summed E-state index contributed by atoms with van der Waals surface area (Å²) < 4.78 is 10.9. The lowest BCUT2D eigenvalue weighted by Gasteiger charge is -2.19. The third-order valence-corrected chi connectivity index (χ3v) is 4.06. The Bertz CT molecular complexity index is 816. The number of nitrogens with zero attached hydrogens (tertiary/aromatic N) is 1. The largest absolute Gasteiger partial charge is 0.454 e. The molecule has 2 heterocycles. The molecule has 2 aromatic rings. The Balaban J connectivity index is 1.95. The van der Waals surface area contributed by atoms with Crippen LogP contribution in [-0.4, -0.2) is 24.7 Å². The number of H-pyrrole nitrogens is 1. The number of rotatable bonds is 2. The van der Waals surface area contributed by atoms with Crippen molar-refractivity contribution in [3.8, 4) is 11.5 Å². The van der Waals surface area contributed by atoms with Gasteiger partial charge in [-0.3, -0.25) is 9.59 Å². The van der Waals surface area contributed by atoms with Crippen LogP contribution in [0.15, 0.2) is 33.5 Å². The molecule has 22 heavy (non-hydrogen) atoms. The number of hydrogen-bond donors (Lipinski definition) is 1. The molecule has 3 rings (SSSR count). The van der Waals surface area contributed by atoms with E-state index < -0.39 is 0 Å². The average Bonchev–Trinajstić information content (AvgIpc) is 2.97. The fraction of sp³-hybridized carbons (Fsp3) is 0.200. The Kier molecular flexibility index (Phi) is 3.66. The Morgan fingerprint density at radius 2 is 2.00 bits per heavy atom. The first-order chi connectivity index (χ1) is 10.5. The molecular weight excluding hydrogens is 352 g/mol. The lowest BCUT2D eigenvalue weighted by molar-refractivity contribution is 0.0992. The molecule has 0 fully saturated rings. The Labute approximate surface area is 134 Å². The van der Waals surface area contributed by atoms with Gasteiger partial charge in [0.15, 0.2) is 11.5 Å². The van der Waals surface area contributed by atoms with Gasteiger partial charge in [-0.2, -0.15) is 0 Å². The number of anilines is 1. The molecule has 1 aromatic carbocycles. The van der Waals surface area contributed by atoms with Crippen LogP contribution in [0.5, 0.6) is 11.5 Å². The summed E-state index contributed by atoms with van der Waals surface area (Å²) in [7, 11) is 1.67. The normalized spacial score (nSPS) is 12.3. The molecule has 1 aliphatic heterocycles. The smallest absolute Gasteiger partial charge is 0.262 e. The van der Waals surface area contributed by atoms with Crippen molar-refractivity contribution in [1.29, 1.82) is 0 Å². The van der Waals surface area contributed by atoms with Gasteiger partial charge >= 0.3 is 0 Å². The van der Waals surface area contributed by atoms with Gasteiger partial charge < -0.3 is 19.4 Å². The quantitative estimate of drug-likeness (QED) is 0.888. The second kappa shape index (κ2) is 5.49. The van der Waals surface area contributed by atoms with Crippen LogP contribution in [0.2, 0.25) is 0 Å². The van der Waals surface area contributed by atoms with E-state index in [0.717, 1.165) is 0 Å². The number of fused-ring (bicyclic) bond motifs is 1. The fourth-order valence-electron chi connectivity index (χ4n) is 2.21. The number of carbonyl (C=O) groups is 1. The number of pyridine rings is 1. The van der Waals surface area contributed by atoms with Gasteiger partial charge in [0.1, 0.15) is 0 Å². The van der Waals surface area contributed by atoms with Crippen molar-refractivity contribution in [2.24, 2.45) is 0 Å². The first kappa shape index (κ1) is 14.6. The maximum Gasteiger partial charge on any atom is 0.262 e. The third-order valence-electron chi connectivity index (χ3n) is 3.47. The van der Waals surface area contributed by atoms with Crippen LogP contribution < -0.4 is 19.9 Å². The summed E-state index contributed by atoms with van der Waals surface area (Å²) in [6, 6.07) is 6.81. The first-order valence-electron chi connectivity index (χ1n) is 6.54. The molecule has 6 nitrogen and oxygen atoms in total. The van der Waals surface area contributed by atoms with Crippen LogP contribution in [0.4, 0.5) is 5.69 Å². The molecule has 1 aliphatic rings. The number of aryl methyl sites for hydroxylation is 1. The zero-order valence-corrected chi connectivity index (χ0v) is 13.6. The Morgan fingerprint density at radius 3 is 2.77 bits per heavy atom. The summed E-state index contributed by atoms with van der Waals surface area (Å²) in [5.41, 5.74) is 1.35. The van der Waals surface area contributed by atoms with E-state index in [2.05, 4.69) is 20.9 Å². The Morgan fingerprint density at radius 1 is 1.27 bits per heavy atom. The molecule has 0 radical (unpaired) electrons. The van der Waals surface area contributed by atoms with Gasteiger partial charge in [0, 0.05) is 24.5 Å². The van der Waals surface area contributed by atoms with E-state index in [1.54, 1.807) is 32.2 Å². The highest BCUT2D eigenvalue weighted by Crippen LogP contribution is 2.35. The van der Waals surface area contributed by atoms with Gasteiger partial charge in [0.05, 0.1) is 10.0 Å². The molecule has 0 spiro atoms. The minimum atomic E-state index is -0.264. The zero-order valence-electron chi connectivity index (χ0n) is 12.0. The van der Waals surface area contributed by atoms with E-state index in [4.69, 9.17) is 9.47 Å². The van der Waals surface area contributed by atoms with Gasteiger partial charge in [0.25, 0.3) is 11.5 Å². The zero-order chi connectivity index (χ0) is 15.9. The lowest BCUT2D eigenvalue weighted by Crippen LogP contribution is -2.28. The molecule has 0 unspecified atom stereocenters. The maximum absolute atomic E-state index is 12.6. The average molecular weight is 365 g/mol. The van der Waals surface area contributed by atoms with Gasteiger partial charge in [0.2, 0.25) is 6.79 Å². The molecule has 7 heteroatoms. The maximum atomic E-state index is 12.6. The van der Waals surface area contributed by atoms with Crippen LogP contribution in [0.3, 0.4) is 0 Å². The number of hydrogen-bond acceptors (Lipinski definition) is 4.